The molecule has 13 heavy (non-hydrogen) atoms. The van der Waals surface area contributed by atoms with Gasteiger partial charge in [-0.1, -0.05) is 32.1 Å². The molecule has 1 aliphatic carbocycles. The van der Waals surface area contributed by atoms with Gasteiger partial charge in [0.25, 0.3) is 0 Å². The van der Waals surface area contributed by atoms with Gasteiger partial charge in [-0.3, -0.25) is 0 Å². The number of rotatable bonds is 4. The van der Waals surface area contributed by atoms with Gasteiger partial charge >= 0.3 is 0 Å². The molecule has 1 rings (SSSR count). The Hall–Kier alpha value is -0.0800. The molecular weight excluding hydrogens is 164 g/mol. The third kappa shape index (κ3) is 5.27. The van der Waals surface area contributed by atoms with Crippen LogP contribution in [-0.4, -0.2) is 24.4 Å². The van der Waals surface area contributed by atoms with Gasteiger partial charge in [0.1, 0.15) is 0 Å². The summed E-state index contributed by atoms with van der Waals surface area (Å²) in [6.07, 6.45) is 10.5. The van der Waals surface area contributed by atoms with Crippen molar-refractivity contribution in [3.8, 4) is 0 Å². The van der Waals surface area contributed by atoms with Crippen molar-refractivity contribution in [1.29, 1.82) is 0 Å². The van der Waals surface area contributed by atoms with Gasteiger partial charge in [0.15, 0.2) is 0 Å². The first-order chi connectivity index (χ1) is 6.43. The first-order valence-corrected chi connectivity index (χ1v) is 5.66. The number of hydrogen-bond donors (Lipinski definition) is 1. The van der Waals surface area contributed by atoms with Crippen molar-refractivity contribution in [2.24, 2.45) is 0 Å². The maximum Gasteiger partial charge on any atom is 0.0575 e. The average Bonchev–Trinajstić information content (AvgIpc) is 2.08. The van der Waals surface area contributed by atoms with Gasteiger partial charge in [-0.2, -0.15) is 0 Å². The Bertz CT molecular complexity index is 107. The summed E-state index contributed by atoms with van der Waals surface area (Å²) in [6, 6.07) is 0. The van der Waals surface area contributed by atoms with Gasteiger partial charge in [0.2, 0.25) is 0 Å². The summed E-state index contributed by atoms with van der Waals surface area (Å²) in [7, 11) is 0. The standard InChI is InChI=1S/C11H22O2/c12-9-6-10-13-11-7-4-2-1-3-5-8-11/h11-12H,1-10H2. The Morgan fingerprint density at radius 1 is 1.00 bits per heavy atom. The Labute approximate surface area is 81.3 Å². The minimum absolute atomic E-state index is 0.257. The van der Waals surface area contributed by atoms with Gasteiger partial charge in [-0.25, -0.2) is 0 Å². The molecule has 0 atom stereocenters. The van der Waals surface area contributed by atoms with Crippen molar-refractivity contribution in [3.63, 3.8) is 0 Å². The van der Waals surface area contributed by atoms with Crippen LogP contribution in [0.3, 0.4) is 0 Å². The van der Waals surface area contributed by atoms with E-state index in [1.54, 1.807) is 0 Å². The average molecular weight is 186 g/mol. The lowest BCUT2D eigenvalue weighted by molar-refractivity contribution is 0.0280. The Kier molecular flexibility index (Phi) is 6.21. The molecule has 0 heterocycles. The molecule has 0 aromatic rings. The van der Waals surface area contributed by atoms with Gasteiger partial charge in [0.05, 0.1) is 6.10 Å². The highest BCUT2D eigenvalue weighted by atomic mass is 16.5. The highest BCUT2D eigenvalue weighted by Crippen LogP contribution is 2.19. The molecule has 1 aliphatic rings. The van der Waals surface area contributed by atoms with Crippen molar-refractivity contribution in [2.45, 2.75) is 57.5 Å². The van der Waals surface area contributed by atoms with E-state index in [4.69, 9.17) is 9.84 Å². The first-order valence-electron chi connectivity index (χ1n) is 5.66. The zero-order valence-corrected chi connectivity index (χ0v) is 8.50. The fraction of sp³-hybridized carbons (Fsp3) is 1.00. The Morgan fingerprint density at radius 2 is 1.62 bits per heavy atom. The third-order valence-corrected chi connectivity index (χ3v) is 2.71. The van der Waals surface area contributed by atoms with Crippen molar-refractivity contribution in [3.05, 3.63) is 0 Å². The predicted octanol–water partition coefficient (Wildman–Crippen LogP) is 2.50. The normalized spacial score (nSPS) is 21.0. The van der Waals surface area contributed by atoms with Crippen molar-refractivity contribution < 1.29 is 9.84 Å². The largest absolute Gasteiger partial charge is 0.396 e. The van der Waals surface area contributed by atoms with E-state index in [0.717, 1.165) is 13.0 Å². The van der Waals surface area contributed by atoms with E-state index in [-0.39, 0.29) is 6.61 Å². The fourth-order valence-electron chi connectivity index (χ4n) is 1.90. The maximum atomic E-state index is 8.62. The number of hydrogen-bond acceptors (Lipinski definition) is 2. The third-order valence-electron chi connectivity index (χ3n) is 2.71. The minimum atomic E-state index is 0.257. The van der Waals surface area contributed by atoms with E-state index in [2.05, 4.69) is 0 Å². The number of aliphatic hydroxyl groups is 1. The molecule has 0 unspecified atom stereocenters. The van der Waals surface area contributed by atoms with Crippen LogP contribution >= 0.6 is 0 Å². The molecule has 0 aliphatic heterocycles. The molecule has 2 nitrogen and oxygen atoms in total. The van der Waals surface area contributed by atoms with E-state index >= 15 is 0 Å². The van der Waals surface area contributed by atoms with Gasteiger partial charge in [-0.15, -0.1) is 0 Å². The summed E-state index contributed by atoms with van der Waals surface area (Å²) in [6.45, 7) is 0.994. The SMILES string of the molecule is OCCCOC1CCCCCCC1. The second-order valence-electron chi connectivity index (χ2n) is 3.92. The summed E-state index contributed by atoms with van der Waals surface area (Å²) in [4.78, 5) is 0. The van der Waals surface area contributed by atoms with Crippen LogP contribution in [0.1, 0.15) is 51.4 Å². The highest BCUT2D eigenvalue weighted by molar-refractivity contribution is 4.62. The van der Waals surface area contributed by atoms with Crippen LogP contribution in [0.25, 0.3) is 0 Å². The zero-order chi connectivity index (χ0) is 9.36. The maximum absolute atomic E-state index is 8.62. The lowest BCUT2D eigenvalue weighted by Crippen LogP contribution is -2.15. The predicted molar refractivity (Wildman–Crippen MR) is 53.8 cm³/mol. The van der Waals surface area contributed by atoms with Crippen molar-refractivity contribution >= 4 is 0 Å². The molecule has 0 radical (unpaired) electrons. The molecule has 78 valence electrons. The molecule has 1 saturated carbocycles. The number of ether oxygens (including phenoxy) is 1. The van der Waals surface area contributed by atoms with E-state index in [1.165, 1.54) is 44.9 Å². The lowest BCUT2D eigenvalue weighted by atomic mass is 9.99. The summed E-state index contributed by atoms with van der Waals surface area (Å²) < 4.78 is 5.70. The molecule has 2 heteroatoms. The smallest absolute Gasteiger partial charge is 0.0575 e. The summed E-state index contributed by atoms with van der Waals surface area (Å²) in [5, 5.41) is 8.62. The topological polar surface area (TPSA) is 29.5 Å². The Balaban J connectivity index is 2.06. The van der Waals surface area contributed by atoms with Crippen LogP contribution < -0.4 is 0 Å². The Morgan fingerprint density at radius 3 is 2.23 bits per heavy atom. The quantitative estimate of drug-likeness (QED) is 0.683. The fourth-order valence-corrected chi connectivity index (χ4v) is 1.90. The van der Waals surface area contributed by atoms with Gasteiger partial charge in [0, 0.05) is 13.2 Å². The van der Waals surface area contributed by atoms with Crippen LogP contribution in [0.15, 0.2) is 0 Å². The molecule has 0 amide bonds. The van der Waals surface area contributed by atoms with Gasteiger partial charge in [-0.05, 0) is 19.3 Å². The van der Waals surface area contributed by atoms with E-state index < -0.39 is 0 Å². The molecule has 0 aromatic heterocycles. The summed E-state index contributed by atoms with van der Waals surface area (Å²) >= 11 is 0. The van der Waals surface area contributed by atoms with Crippen LogP contribution in [0.4, 0.5) is 0 Å². The molecular formula is C11H22O2. The monoisotopic (exact) mass is 186 g/mol. The van der Waals surface area contributed by atoms with Crippen LogP contribution in [-0.2, 0) is 4.74 Å². The molecule has 1 fully saturated rings. The van der Waals surface area contributed by atoms with Crippen molar-refractivity contribution in [1.82, 2.24) is 0 Å². The molecule has 0 spiro atoms. The van der Waals surface area contributed by atoms with Crippen LogP contribution in [0, 0.1) is 0 Å². The van der Waals surface area contributed by atoms with Crippen molar-refractivity contribution in [2.75, 3.05) is 13.2 Å². The second-order valence-corrected chi connectivity index (χ2v) is 3.92. The minimum Gasteiger partial charge on any atom is -0.396 e. The second kappa shape index (κ2) is 7.34. The molecule has 0 bridgehead atoms. The molecule has 1 N–H and O–H groups in total. The van der Waals surface area contributed by atoms with Crippen LogP contribution in [0.5, 0.6) is 0 Å². The lowest BCUT2D eigenvalue weighted by Gasteiger charge is -2.19. The van der Waals surface area contributed by atoms with E-state index in [9.17, 15) is 0 Å². The first kappa shape index (κ1) is 11.0. The van der Waals surface area contributed by atoms with Crippen LogP contribution in [0.2, 0.25) is 0 Å². The van der Waals surface area contributed by atoms with Gasteiger partial charge < -0.3 is 9.84 Å². The summed E-state index contributed by atoms with van der Waals surface area (Å²) in [5.41, 5.74) is 0. The highest BCUT2D eigenvalue weighted by Gasteiger charge is 2.10. The zero-order valence-electron chi connectivity index (χ0n) is 8.50. The molecule has 0 saturated heterocycles. The summed E-state index contributed by atoms with van der Waals surface area (Å²) in [5.74, 6) is 0. The molecule has 0 aromatic carbocycles. The number of aliphatic hydroxyl groups excluding tert-OH is 1. The van der Waals surface area contributed by atoms with E-state index in [1.807, 2.05) is 0 Å². The van der Waals surface area contributed by atoms with E-state index in [0.29, 0.717) is 6.10 Å².